The number of aromatic nitrogens is 1. The number of nitrogens with zero attached hydrogens (tertiary/aromatic N) is 2. The van der Waals surface area contributed by atoms with Crippen LogP contribution < -0.4 is 20.3 Å². The predicted molar refractivity (Wildman–Crippen MR) is 148 cm³/mol. The molecule has 0 saturated carbocycles. The fraction of sp³-hybridized carbons (Fsp3) is 0.286. The van der Waals surface area contributed by atoms with E-state index in [-0.39, 0.29) is 18.3 Å². The van der Waals surface area contributed by atoms with E-state index < -0.39 is 0 Å². The zero-order chi connectivity index (χ0) is 24.6. The van der Waals surface area contributed by atoms with Gasteiger partial charge in [0.25, 0.3) is 11.9 Å². The van der Waals surface area contributed by atoms with Gasteiger partial charge < -0.3 is 24.7 Å². The molecule has 8 heteroatoms. The molecule has 2 N–H and O–H groups in total. The normalized spacial score (nSPS) is 10.8. The van der Waals surface area contributed by atoms with Gasteiger partial charge >= 0.3 is 0 Å². The van der Waals surface area contributed by atoms with Crippen LogP contribution in [0.2, 0.25) is 0 Å². The number of likely N-dealkylation sites (N-methyl/N-ethyl adjacent to an activating group) is 1. The van der Waals surface area contributed by atoms with E-state index in [1.807, 2.05) is 66.5 Å². The van der Waals surface area contributed by atoms with Crippen molar-refractivity contribution in [3.8, 4) is 11.5 Å². The Morgan fingerprint density at radius 1 is 1.00 bits per heavy atom. The molecule has 1 aromatic heterocycles. The molecule has 0 aliphatic carbocycles. The molecule has 0 atom stereocenters. The molecule has 7 nitrogen and oxygen atoms in total. The summed E-state index contributed by atoms with van der Waals surface area (Å²) in [7, 11) is 1.96. The van der Waals surface area contributed by atoms with E-state index in [9.17, 15) is 4.79 Å². The first-order valence-corrected chi connectivity index (χ1v) is 12.0. The predicted octanol–water partition coefficient (Wildman–Crippen LogP) is 6.51. The highest BCUT2D eigenvalue weighted by Crippen LogP contribution is 2.25. The molecule has 1 heterocycles. The van der Waals surface area contributed by atoms with Crippen LogP contribution in [0.1, 0.15) is 37.0 Å². The number of nitrogens with one attached hydrogen (secondary N) is 2. The first-order valence-electron chi connectivity index (χ1n) is 12.0. The van der Waals surface area contributed by atoms with Crippen LogP contribution in [0.3, 0.4) is 0 Å². The molecule has 0 fully saturated rings. The van der Waals surface area contributed by atoms with Crippen LogP contribution in [0.4, 0.5) is 11.7 Å². The molecule has 36 heavy (non-hydrogen) atoms. The highest BCUT2D eigenvalue weighted by molar-refractivity contribution is 6.05. The summed E-state index contributed by atoms with van der Waals surface area (Å²) in [5.41, 5.74) is 2.52. The maximum Gasteiger partial charge on any atom is 0.298 e. The molecule has 3 aromatic carbocycles. The van der Waals surface area contributed by atoms with Crippen LogP contribution in [0.25, 0.3) is 11.1 Å². The summed E-state index contributed by atoms with van der Waals surface area (Å²) in [6.45, 7) is 6.03. The van der Waals surface area contributed by atoms with Crippen molar-refractivity contribution < 1.29 is 13.9 Å². The maximum atomic E-state index is 12.9. The van der Waals surface area contributed by atoms with Crippen LogP contribution >= 0.6 is 12.4 Å². The molecule has 4 aromatic rings. The molecule has 190 valence electrons. The number of hydrogen-bond acceptors (Lipinski definition) is 6. The minimum atomic E-state index is -0.226. The van der Waals surface area contributed by atoms with Crippen molar-refractivity contribution in [3.63, 3.8) is 0 Å². The highest BCUT2D eigenvalue weighted by Gasteiger charge is 2.13. The van der Waals surface area contributed by atoms with Gasteiger partial charge in [0, 0.05) is 37.4 Å². The number of ether oxygens (including phenoxy) is 1. The van der Waals surface area contributed by atoms with Crippen LogP contribution in [0, 0.1) is 0 Å². The van der Waals surface area contributed by atoms with Crippen LogP contribution in [-0.4, -0.2) is 37.1 Å². The van der Waals surface area contributed by atoms with Gasteiger partial charge in [-0.1, -0.05) is 38.1 Å². The molecule has 0 unspecified atom stereocenters. The highest BCUT2D eigenvalue weighted by atomic mass is 35.5. The number of amides is 1. The molecular formula is C28H33ClN4O3. The first kappa shape index (κ1) is 27.0. The van der Waals surface area contributed by atoms with E-state index in [1.54, 1.807) is 18.2 Å². The van der Waals surface area contributed by atoms with E-state index in [1.165, 1.54) is 0 Å². The Morgan fingerprint density at radius 3 is 2.50 bits per heavy atom. The summed E-state index contributed by atoms with van der Waals surface area (Å²) in [6.07, 6.45) is 2.23. The Bertz CT molecular complexity index is 1260. The second-order valence-corrected chi connectivity index (χ2v) is 8.47. The lowest BCUT2D eigenvalue weighted by molar-refractivity contribution is 0.102. The van der Waals surface area contributed by atoms with Crippen molar-refractivity contribution in [2.24, 2.45) is 0 Å². The molecule has 0 radical (unpaired) electrons. The number of fused-ring (bicyclic) bond motifs is 1. The summed E-state index contributed by atoms with van der Waals surface area (Å²) in [4.78, 5) is 19.5. The fourth-order valence-electron chi connectivity index (χ4n) is 3.79. The van der Waals surface area contributed by atoms with Gasteiger partial charge in [-0.25, -0.2) is 0 Å². The first-order chi connectivity index (χ1) is 17.1. The van der Waals surface area contributed by atoms with Crippen molar-refractivity contribution in [2.75, 3.05) is 30.4 Å². The fourth-order valence-corrected chi connectivity index (χ4v) is 3.79. The maximum absolute atomic E-state index is 12.9. The number of benzene rings is 3. The van der Waals surface area contributed by atoms with Gasteiger partial charge in [-0.2, -0.15) is 4.98 Å². The van der Waals surface area contributed by atoms with E-state index >= 15 is 0 Å². The monoisotopic (exact) mass is 508 g/mol. The van der Waals surface area contributed by atoms with Crippen molar-refractivity contribution in [2.45, 2.75) is 32.7 Å². The Hall–Kier alpha value is -3.55. The number of rotatable bonds is 11. The van der Waals surface area contributed by atoms with Crippen molar-refractivity contribution in [3.05, 3.63) is 78.4 Å². The van der Waals surface area contributed by atoms with E-state index in [2.05, 4.69) is 29.5 Å². The van der Waals surface area contributed by atoms with E-state index in [0.717, 1.165) is 25.9 Å². The number of carbonyl (C=O) groups excluding carboxylic acids is 1. The van der Waals surface area contributed by atoms with Crippen molar-refractivity contribution >= 4 is 41.1 Å². The molecule has 0 bridgehead atoms. The zero-order valence-corrected chi connectivity index (χ0v) is 21.7. The Labute approximate surface area is 218 Å². The van der Waals surface area contributed by atoms with Gasteiger partial charge in [0.05, 0.1) is 0 Å². The lowest BCUT2D eigenvalue weighted by atomic mass is 10.2. The number of carbonyl (C=O) groups is 1. The number of halogens is 1. The third-order valence-corrected chi connectivity index (χ3v) is 5.90. The minimum absolute atomic E-state index is 0. The Kier molecular flexibility index (Phi) is 9.73. The Morgan fingerprint density at radius 2 is 1.75 bits per heavy atom. The average molecular weight is 509 g/mol. The minimum Gasteiger partial charge on any atom is -0.457 e. The number of anilines is 2. The van der Waals surface area contributed by atoms with Crippen LogP contribution in [-0.2, 0) is 0 Å². The van der Waals surface area contributed by atoms with Gasteiger partial charge in [0.15, 0.2) is 5.58 Å². The van der Waals surface area contributed by atoms with E-state index in [0.29, 0.717) is 45.9 Å². The molecule has 4 rings (SSSR count). The quantitative estimate of drug-likeness (QED) is 0.240. The standard InChI is InChI=1S/C28H32N4O3.ClH/c1-4-21(5-2)29-16-17-32(3)28-31-25-19-22(14-15-26(25)35-28)30-27(33)20-10-9-13-24(18-20)34-23-11-7-6-8-12-23;/h6-15,18-19,21,29H,4-5,16-17H2,1-3H3,(H,30,33);1H. The SMILES string of the molecule is CCC(CC)NCCN(C)c1nc2cc(NC(=O)c3cccc(Oc4ccccc4)c3)ccc2o1.Cl. The molecule has 0 spiro atoms. The average Bonchev–Trinajstić information content (AvgIpc) is 3.31. The van der Waals surface area contributed by atoms with Gasteiger partial charge in [-0.15, -0.1) is 12.4 Å². The van der Waals surface area contributed by atoms with Gasteiger partial charge in [0.1, 0.15) is 17.0 Å². The van der Waals surface area contributed by atoms with Gasteiger partial charge in [0.2, 0.25) is 0 Å². The molecule has 1 amide bonds. The van der Waals surface area contributed by atoms with Crippen molar-refractivity contribution in [1.82, 2.24) is 10.3 Å². The van der Waals surface area contributed by atoms with Crippen LogP contribution in [0.5, 0.6) is 11.5 Å². The number of oxazole rings is 1. The summed E-state index contributed by atoms with van der Waals surface area (Å²) in [5, 5.41) is 6.49. The third-order valence-electron chi connectivity index (χ3n) is 5.90. The third kappa shape index (κ3) is 6.99. The second-order valence-electron chi connectivity index (χ2n) is 8.47. The largest absolute Gasteiger partial charge is 0.457 e. The van der Waals surface area contributed by atoms with Gasteiger partial charge in [-0.05, 0) is 61.4 Å². The van der Waals surface area contributed by atoms with E-state index in [4.69, 9.17) is 9.15 Å². The lowest BCUT2D eigenvalue weighted by Gasteiger charge is -2.18. The second kappa shape index (κ2) is 13.0. The molecule has 0 saturated heterocycles. The summed E-state index contributed by atoms with van der Waals surface area (Å²) in [6, 6.07) is 23.1. The molecule has 0 aliphatic heterocycles. The smallest absolute Gasteiger partial charge is 0.298 e. The topological polar surface area (TPSA) is 79.6 Å². The number of hydrogen-bond donors (Lipinski definition) is 2. The lowest BCUT2D eigenvalue weighted by Crippen LogP contribution is -2.35. The van der Waals surface area contributed by atoms with Crippen LogP contribution in [0.15, 0.2) is 77.2 Å². The van der Waals surface area contributed by atoms with Gasteiger partial charge in [-0.3, -0.25) is 4.79 Å². The molecular weight excluding hydrogens is 476 g/mol. The summed E-state index contributed by atoms with van der Waals surface area (Å²) < 4.78 is 11.8. The molecule has 0 aliphatic rings. The summed E-state index contributed by atoms with van der Waals surface area (Å²) >= 11 is 0. The number of para-hydroxylation sites is 1. The Balaban J connectivity index is 0.00000361. The summed E-state index contributed by atoms with van der Waals surface area (Å²) in [5.74, 6) is 1.09. The zero-order valence-electron chi connectivity index (χ0n) is 20.9. The van der Waals surface area contributed by atoms with Crippen molar-refractivity contribution in [1.29, 1.82) is 0 Å².